The van der Waals surface area contributed by atoms with Gasteiger partial charge in [0.15, 0.2) is 11.6 Å². The first-order valence-electron chi connectivity index (χ1n) is 8.51. The molecule has 0 bridgehead atoms. The standard InChI is InChI=1S/C19H17N3O5/c23-16-6-5-14(17(24)21-16)22-10-12-8-11(3-4-13(12)19(22)26)9-20-18(25)15-2-1-7-27-15/h1-4,7-8,10,14,26H,5-6,9H2,(H,20,25)(H,21,23,24). The van der Waals surface area contributed by atoms with Crippen LogP contribution in [0.3, 0.4) is 0 Å². The Morgan fingerprint density at radius 3 is 2.93 bits per heavy atom. The summed E-state index contributed by atoms with van der Waals surface area (Å²) in [5, 5.41) is 16.9. The second-order valence-corrected chi connectivity index (χ2v) is 6.41. The molecule has 0 aliphatic carbocycles. The second kappa shape index (κ2) is 6.64. The summed E-state index contributed by atoms with van der Waals surface area (Å²) < 4.78 is 6.53. The van der Waals surface area contributed by atoms with Crippen molar-refractivity contribution in [2.24, 2.45) is 0 Å². The molecule has 1 aliphatic heterocycles. The van der Waals surface area contributed by atoms with Crippen molar-refractivity contribution in [1.29, 1.82) is 0 Å². The lowest BCUT2D eigenvalue weighted by atomic mass is 10.1. The van der Waals surface area contributed by atoms with Gasteiger partial charge in [-0.05, 0) is 36.2 Å². The molecule has 0 saturated carbocycles. The van der Waals surface area contributed by atoms with Crippen LogP contribution in [0.25, 0.3) is 10.8 Å². The molecule has 138 valence electrons. The Balaban J connectivity index is 1.55. The van der Waals surface area contributed by atoms with Crippen LogP contribution in [0, 0.1) is 0 Å². The molecule has 0 radical (unpaired) electrons. The average molecular weight is 367 g/mol. The number of benzene rings is 1. The topological polar surface area (TPSA) is 114 Å². The third kappa shape index (κ3) is 3.17. The number of fused-ring (bicyclic) bond motifs is 1. The molecule has 8 heteroatoms. The zero-order chi connectivity index (χ0) is 19.0. The quantitative estimate of drug-likeness (QED) is 0.609. The summed E-state index contributed by atoms with van der Waals surface area (Å²) >= 11 is 0. The van der Waals surface area contributed by atoms with Crippen LogP contribution < -0.4 is 10.6 Å². The maximum absolute atomic E-state index is 12.1. The van der Waals surface area contributed by atoms with E-state index in [0.717, 1.165) is 10.9 Å². The van der Waals surface area contributed by atoms with E-state index in [-0.39, 0.29) is 29.9 Å². The molecule has 1 unspecified atom stereocenters. The van der Waals surface area contributed by atoms with Gasteiger partial charge < -0.3 is 19.4 Å². The Kier molecular flexibility index (Phi) is 4.15. The molecule has 3 N–H and O–H groups in total. The van der Waals surface area contributed by atoms with E-state index in [1.165, 1.54) is 10.8 Å². The summed E-state index contributed by atoms with van der Waals surface area (Å²) in [7, 11) is 0. The monoisotopic (exact) mass is 367 g/mol. The fourth-order valence-corrected chi connectivity index (χ4v) is 3.25. The van der Waals surface area contributed by atoms with Gasteiger partial charge in [0.1, 0.15) is 6.04 Å². The lowest BCUT2D eigenvalue weighted by Gasteiger charge is -2.22. The maximum atomic E-state index is 12.1. The minimum absolute atomic E-state index is 0.0225. The molecular weight excluding hydrogens is 350 g/mol. The van der Waals surface area contributed by atoms with Gasteiger partial charge >= 0.3 is 0 Å². The number of hydrogen-bond acceptors (Lipinski definition) is 5. The number of furan rings is 1. The number of carbonyl (C=O) groups excluding carboxylic acids is 3. The van der Waals surface area contributed by atoms with Gasteiger partial charge in [-0.25, -0.2) is 0 Å². The van der Waals surface area contributed by atoms with Crippen LogP contribution >= 0.6 is 0 Å². The number of hydrogen-bond donors (Lipinski definition) is 3. The molecule has 1 saturated heterocycles. The fraction of sp³-hybridized carbons (Fsp3) is 0.211. The molecule has 1 fully saturated rings. The van der Waals surface area contributed by atoms with E-state index in [2.05, 4.69) is 10.6 Å². The van der Waals surface area contributed by atoms with Crippen molar-refractivity contribution < 1.29 is 23.9 Å². The van der Waals surface area contributed by atoms with E-state index in [9.17, 15) is 19.5 Å². The normalized spacial score (nSPS) is 17.1. The third-order valence-corrected chi connectivity index (χ3v) is 4.62. The summed E-state index contributed by atoms with van der Waals surface area (Å²) in [4.78, 5) is 35.3. The Labute approximate surface area is 153 Å². The van der Waals surface area contributed by atoms with Crippen LogP contribution in [0.4, 0.5) is 0 Å². The number of nitrogens with zero attached hydrogens (tertiary/aromatic N) is 1. The van der Waals surface area contributed by atoms with E-state index >= 15 is 0 Å². The Morgan fingerprint density at radius 1 is 1.33 bits per heavy atom. The molecule has 3 aromatic rings. The minimum atomic E-state index is -0.628. The Morgan fingerprint density at radius 2 is 2.19 bits per heavy atom. The number of aromatic nitrogens is 1. The lowest BCUT2D eigenvalue weighted by molar-refractivity contribution is -0.135. The van der Waals surface area contributed by atoms with Gasteiger partial charge in [0, 0.05) is 29.9 Å². The van der Waals surface area contributed by atoms with Crippen molar-refractivity contribution in [2.45, 2.75) is 25.4 Å². The molecule has 3 amide bonds. The van der Waals surface area contributed by atoms with Crippen molar-refractivity contribution in [3.8, 4) is 5.88 Å². The average Bonchev–Trinajstić information content (AvgIpc) is 3.29. The van der Waals surface area contributed by atoms with E-state index < -0.39 is 11.9 Å². The minimum Gasteiger partial charge on any atom is -0.494 e. The summed E-state index contributed by atoms with van der Waals surface area (Å²) in [5.41, 5.74) is 0.836. The number of imide groups is 1. The van der Waals surface area contributed by atoms with Gasteiger partial charge in [0.2, 0.25) is 11.8 Å². The van der Waals surface area contributed by atoms with Gasteiger partial charge in [-0.1, -0.05) is 6.07 Å². The molecule has 8 nitrogen and oxygen atoms in total. The largest absolute Gasteiger partial charge is 0.494 e. The highest BCUT2D eigenvalue weighted by Crippen LogP contribution is 2.33. The number of piperidine rings is 1. The molecule has 0 spiro atoms. The molecule has 1 aromatic carbocycles. The fourth-order valence-electron chi connectivity index (χ4n) is 3.25. The molecule has 1 aliphatic rings. The van der Waals surface area contributed by atoms with Crippen LogP contribution in [-0.4, -0.2) is 27.4 Å². The van der Waals surface area contributed by atoms with Gasteiger partial charge in [-0.15, -0.1) is 0 Å². The first kappa shape index (κ1) is 16.9. The van der Waals surface area contributed by atoms with Crippen LogP contribution in [0.15, 0.2) is 47.2 Å². The van der Waals surface area contributed by atoms with Gasteiger partial charge in [-0.3, -0.25) is 19.7 Å². The Bertz CT molecular complexity index is 1040. The van der Waals surface area contributed by atoms with Gasteiger partial charge in [0.25, 0.3) is 5.91 Å². The third-order valence-electron chi connectivity index (χ3n) is 4.62. The van der Waals surface area contributed by atoms with Gasteiger partial charge in [-0.2, -0.15) is 0 Å². The van der Waals surface area contributed by atoms with Crippen molar-refractivity contribution in [3.63, 3.8) is 0 Å². The Hall–Kier alpha value is -3.55. The summed E-state index contributed by atoms with van der Waals surface area (Å²) in [5.74, 6) is -0.831. The van der Waals surface area contributed by atoms with Crippen LogP contribution in [0.1, 0.15) is 35.0 Å². The first-order valence-corrected chi connectivity index (χ1v) is 8.51. The van der Waals surface area contributed by atoms with E-state index in [0.29, 0.717) is 18.4 Å². The molecule has 3 heterocycles. The number of aromatic hydroxyl groups is 1. The number of carbonyl (C=O) groups is 3. The summed E-state index contributed by atoms with van der Waals surface area (Å²) in [6, 6.07) is 7.95. The SMILES string of the molecule is O=C1CCC(n2cc3cc(CNC(=O)c4ccco4)ccc3c2O)C(=O)N1. The molecule has 27 heavy (non-hydrogen) atoms. The van der Waals surface area contributed by atoms with E-state index in [4.69, 9.17) is 4.42 Å². The summed E-state index contributed by atoms with van der Waals surface area (Å²) in [6.07, 6.45) is 3.68. The first-order chi connectivity index (χ1) is 13.0. The van der Waals surface area contributed by atoms with Gasteiger partial charge in [0.05, 0.1) is 6.26 Å². The highest BCUT2D eigenvalue weighted by Gasteiger charge is 2.30. The van der Waals surface area contributed by atoms with Crippen LogP contribution in [0.5, 0.6) is 5.88 Å². The summed E-state index contributed by atoms with van der Waals surface area (Å²) in [6.45, 7) is 0.291. The molecular formula is C19H17N3O5. The second-order valence-electron chi connectivity index (χ2n) is 6.41. The van der Waals surface area contributed by atoms with Crippen LogP contribution in [-0.2, 0) is 16.1 Å². The van der Waals surface area contributed by atoms with Crippen molar-refractivity contribution in [2.75, 3.05) is 0 Å². The van der Waals surface area contributed by atoms with Crippen molar-refractivity contribution >= 4 is 28.5 Å². The van der Waals surface area contributed by atoms with Crippen molar-refractivity contribution in [3.05, 3.63) is 54.1 Å². The maximum Gasteiger partial charge on any atom is 0.287 e. The number of nitrogens with one attached hydrogen (secondary N) is 2. The highest BCUT2D eigenvalue weighted by atomic mass is 16.3. The molecule has 1 atom stereocenters. The van der Waals surface area contributed by atoms with E-state index in [1.807, 2.05) is 6.07 Å². The zero-order valence-corrected chi connectivity index (χ0v) is 14.3. The predicted molar refractivity (Wildman–Crippen MR) is 94.9 cm³/mol. The van der Waals surface area contributed by atoms with Crippen molar-refractivity contribution in [1.82, 2.24) is 15.2 Å². The number of amides is 3. The predicted octanol–water partition coefficient (Wildman–Crippen LogP) is 1.85. The van der Waals surface area contributed by atoms with Crippen LogP contribution in [0.2, 0.25) is 0 Å². The van der Waals surface area contributed by atoms with E-state index in [1.54, 1.807) is 30.5 Å². The molecule has 4 rings (SSSR count). The highest BCUT2D eigenvalue weighted by molar-refractivity contribution is 6.00. The molecule has 2 aromatic heterocycles. The zero-order valence-electron chi connectivity index (χ0n) is 14.3. The smallest absolute Gasteiger partial charge is 0.287 e. The number of rotatable bonds is 4. The lowest BCUT2D eigenvalue weighted by Crippen LogP contribution is -2.41.